The molecular formula is C74H60N2O4. The Kier molecular flexibility index (Phi) is 10.9. The van der Waals surface area contributed by atoms with Crippen LogP contribution in [0, 0.1) is 0 Å². The Labute approximate surface area is 464 Å². The summed E-state index contributed by atoms with van der Waals surface area (Å²) in [6.45, 7) is 17.9. The second-order valence-corrected chi connectivity index (χ2v) is 23.2. The van der Waals surface area contributed by atoms with Crippen LogP contribution in [0.1, 0.15) is 101 Å². The molecule has 80 heavy (non-hydrogen) atoms. The van der Waals surface area contributed by atoms with Crippen molar-refractivity contribution in [1.82, 2.24) is 0 Å². The number of para-hydroxylation sites is 4. The first kappa shape index (κ1) is 47.9. The molecule has 0 fully saturated rings. The molecule has 11 aromatic carbocycles. The second-order valence-electron chi connectivity index (χ2n) is 23.2. The monoisotopic (exact) mass is 1040 g/mol. The summed E-state index contributed by atoms with van der Waals surface area (Å²) < 4.78 is 27.8. The van der Waals surface area contributed by atoms with Gasteiger partial charge in [0.25, 0.3) is 0 Å². The van der Waals surface area contributed by atoms with E-state index >= 15 is 0 Å². The summed E-state index contributed by atoms with van der Waals surface area (Å²) in [5.41, 5.74) is 17.9. The van der Waals surface area contributed by atoms with E-state index in [9.17, 15) is 0 Å². The van der Waals surface area contributed by atoms with E-state index in [2.05, 4.69) is 259 Å². The van der Waals surface area contributed by atoms with Crippen molar-refractivity contribution in [3.05, 3.63) is 216 Å². The number of fused-ring (bicyclic) bond motifs is 15. The average molecular weight is 1040 g/mol. The fourth-order valence-electron chi connectivity index (χ4n) is 12.6. The predicted molar refractivity (Wildman–Crippen MR) is 336 cm³/mol. The van der Waals surface area contributed by atoms with Gasteiger partial charge in [-0.25, -0.2) is 0 Å². The van der Waals surface area contributed by atoms with Crippen molar-refractivity contribution in [2.75, 3.05) is 9.80 Å². The first-order chi connectivity index (χ1) is 38.9. The average Bonchev–Trinajstić information content (AvgIpc) is 4.28. The topological polar surface area (TPSA) is 59.0 Å². The van der Waals surface area contributed by atoms with Gasteiger partial charge in [0.2, 0.25) is 0 Å². The number of benzene rings is 11. The van der Waals surface area contributed by atoms with Crippen LogP contribution in [0.5, 0.6) is 0 Å². The predicted octanol–water partition coefficient (Wildman–Crippen LogP) is 23.0. The van der Waals surface area contributed by atoms with Gasteiger partial charge in [0.1, 0.15) is 22.3 Å². The number of furan rings is 4. The molecule has 0 atom stereocenters. The normalized spacial score (nSPS) is 12.4. The van der Waals surface area contributed by atoms with Crippen LogP contribution < -0.4 is 9.80 Å². The zero-order valence-corrected chi connectivity index (χ0v) is 46.3. The van der Waals surface area contributed by atoms with Gasteiger partial charge in [-0.3, -0.25) is 0 Å². The number of hydrogen-bond acceptors (Lipinski definition) is 6. The zero-order chi connectivity index (χ0) is 54.2. The minimum atomic E-state index is 0.322. The lowest BCUT2D eigenvalue weighted by Crippen LogP contribution is -2.10. The van der Waals surface area contributed by atoms with Crippen molar-refractivity contribution < 1.29 is 17.7 Å². The van der Waals surface area contributed by atoms with Crippen molar-refractivity contribution in [3.8, 4) is 0 Å². The van der Waals surface area contributed by atoms with E-state index in [4.69, 9.17) is 17.7 Å². The van der Waals surface area contributed by atoms with E-state index in [0.717, 1.165) is 143 Å². The van der Waals surface area contributed by atoms with Gasteiger partial charge in [0.05, 0.1) is 11.4 Å². The minimum absolute atomic E-state index is 0.322. The molecule has 0 aliphatic rings. The molecule has 0 amide bonds. The SMILES string of the molecule is CC(C)c1ccc(N(c2ccc3cc4c(cc3c2)oc2c4ccc3c4cc5ccc(N(c6ccc(C(C)C)cc6)c6cccc7c6oc6c(C(C)C)cccc67)cc5cc4oc32)c2cccc3c2oc2c(C(C)C)cccc23)cc1. The number of hydrogen-bond donors (Lipinski definition) is 0. The zero-order valence-electron chi connectivity index (χ0n) is 46.3. The van der Waals surface area contributed by atoms with Crippen molar-refractivity contribution in [1.29, 1.82) is 0 Å². The molecule has 0 saturated heterocycles. The molecule has 0 saturated carbocycles. The number of rotatable bonds is 10. The highest BCUT2D eigenvalue weighted by Crippen LogP contribution is 2.48. The fourth-order valence-corrected chi connectivity index (χ4v) is 12.6. The molecule has 0 bridgehead atoms. The van der Waals surface area contributed by atoms with Gasteiger partial charge < -0.3 is 27.5 Å². The quantitative estimate of drug-likeness (QED) is 0.136. The van der Waals surface area contributed by atoms with E-state index in [1.165, 1.54) is 22.3 Å². The highest BCUT2D eigenvalue weighted by Gasteiger charge is 2.25. The number of anilines is 6. The fraction of sp³-hybridized carbons (Fsp3) is 0.162. The maximum Gasteiger partial charge on any atom is 0.178 e. The van der Waals surface area contributed by atoms with Gasteiger partial charge in [0.15, 0.2) is 22.3 Å². The standard InChI is InChI=1S/C74H60N2O4/c1-41(2)45-21-27-51(28-22-45)75(65-19-11-17-59-57-15-9-13-55(43(5)6)69(57)79-71(59)65)53-31-25-47-37-63-61-33-34-62-64-38-48-26-32-54(36-50(48)40-68(64)78-74(62)73(61)77-67(63)39-49(47)35-53)76(52-29-23-46(24-30-52)42(3)4)66-20-12-18-60-58-16-10-14-56(44(7)8)70(58)80-72(60)66/h9-44H,1-8H3. The highest BCUT2D eigenvalue weighted by molar-refractivity contribution is 6.22. The molecule has 15 aromatic rings. The van der Waals surface area contributed by atoms with Gasteiger partial charge >= 0.3 is 0 Å². The summed E-state index contributed by atoms with van der Waals surface area (Å²) in [6, 6.07) is 70.7. The van der Waals surface area contributed by atoms with Gasteiger partial charge in [-0.05, 0) is 165 Å². The van der Waals surface area contributed by atoms with Crippen LogP contribution in [0.4, 0.5) is 34.1 Å². The van der Waals surface area contributed by atoms with Gasteiger partial charge in [-0.2, -0.15) is 0 Å². The van der Waals surface area contributed by atoms with Gasteiger partial charge in [-0.1, -0.05) is 152 Å². The molecule has 6 nitrogen and oxygen atoms in total. The van der Waals surface area contributed by atoms with Crippen LogP contribution in [0.2, 0.25) is 0 Å². The van der Waals surface area contributed by atoms with E-state index < -0.39 is 0 Å². The van der Waals surface area contributed by atoms with Gasteiger partial charge in [-0.15, -0.1) is 0 Å². The molecule has 0 spiro atoms. The molecule has 0 N–H and O–H groups in total. The van der Waals surface area contributed by atoms with E-state index in [1.54, 1.807) is 0 Å². The molecule has 390 valence electrons. The Morgan fingerprint density at radius 3 is 1.01 bits per heavy atom. The lowest BCUT2D eigenvalue weighted by Gasteiger charge is -2.26. The molecule has 0 aliphatic carbocycles. The van der Waals surface area contributed by atoms with Crippen molar-refractivity contribution >= 4 is 143 Å². The first-order valence-corrected chi connectivity index (χ1v) is 28.3. The van der Waals surface area contributed by atoms with Crippen molar-refractivity contribution in [2.24, 2.45) is 0 Å². The van der Waals surface area contributed by atoms with E-state index in [1.807, 2.05) is 0 Å². The summed E-state index contributed by atoms with van der Waals surface area (Å²) >= 11 is 0. The molecule has 4 heterocycles. The third-order valence-corrected chi connectivity index (χ3v) is 16.9. The Hall–Kier alpha value is -9.26. The smallest absolute Gasteiger partial charge is 0.178 e. The van der Waals surface area contributed by atoms with Crippen molar-refractivity contribution in [3.63, 3.8) is 0 Å². The molecule has 0 aliphatic heterocycles. The molecule has 0 unspecified atom stereocenters. The lowest BCUT2D eigenvalue weighted by atomic mass is 10.00. The summed E-state index contributed by atoms with van der Waals surface area (Å²) in [4.78, 5) is 4.67. The third-order valence-electron chi connectivity index (χ3n) is 16.9. The summed E-state index contributed by atoms with van der Waals surface area (Å²) in [6.07, 6.45) is 0. The summed E-state index contributed by atoms with van der Waals surface area (Å²) in [5, 5.41) is 13.0. The molecule has 4 aromatic heterocycles. The molecule has 15 rings (SSSR count). The molecule has 6 heteroatoms. The third kappa shape index (κ3) is 7.45. The van der Waals surface area contributed by atoms with Crippen LogP contribution in [0.3, 0.4) is 0 Å². The van der Waals surface area contributed by atoms with E-state index in [0.29, 0.717) is 23.7 Å². The largest absolute Gasteiger partial charge is 0.454 e. The Balaban J connectivity index is 0.850. The van der Waals surface area contributed by atoms with Crippen LogP contribution >= 0.6 is 0 Å². The maximum absolute atomic E-state index is 6.94. The number of nitrogens with zero attached hydrogens (tertiary/aromatic N) is 2. The van der Waals surface area contributed by atoms with Crippen molar-refractivity contribution in [2.45, 2.75) is 79.1 Å². The second kappa shape index (κ2) is 18.2. The summed E-state index contributed by atoms with van der Waals surface area (Å²) in [5.74, 6) is 1.47. The lowest BCUT2D eigenvalue weighted by molar-refractivity contribution is 0.634. The van der Waals surface area contributed by atoms with E-state index in [-0.39, 0.29) is 0 Å². The van der Waals surface area contributed by atoms with Crippen LogP contribution in [-0.2, 0) is 0 Å². The highest BCUT2D eigenvalue weighted by atomic mass is 16.4. The molecular weight excluding hydrogens is 981 g/mol. The Morgan fingerprint density at radius 1 is 0.263 bits per heavy atom. The van der Waals surface area contributed by atoms with Crippen LogP contribution in [-0.4, -0.2) is 0 Å². The van der Waals surface area contributed by atoms with Crippen LogP contribution in [0.15, 0.2) is 212 Å². The van der Waals surface area contributed by atoms with Gasteiger partial charge in [0, 0.05) is 65.8 Å². The maximum atomic E-state index is 6.94. The Morgan fingerprint density at radius 2 is 0.625 bits per heavy atom. The minimum Gasteiger partial charge on any atom is -0.454 e. The Bertz CT molecular complexity index is 4650. The first-order valence-electron chi connectivity index (χ1n) is 28.3. The van der Waals surface area contributed by atoms with Crippen LogP contribution in [0.25, 0.3) is 109 Å². The summed E-state index contributed by atoms with van der Waals surface area (Å²) in [7, 11) is 0. The molecule has 0 radical (unpaired) electrons.